The van der Waals surface area contributed by atoms with Crippen molar-refractivity contribution in [2.75, 3.05) is 0 Å². The minimum Gasteiger partial charge on any atom is -0.480 e. The lowest BCUT2D eigenvalue weighted by Gasteiger charge is -2.35. The number of carboxylic acids is 1. The van der Waals surface area contributed by atoms with Crippen molar-refractivity contribution in [2.45, 2.75) is 36.1 Å². The maximum Gasteiger partial charge on any atom is 0.328 e. The highest BCUT2D eigenvalue weighted by Crippen LogP contribution is 2.46. The molecule has 0 saturated carbocycles. The first-order chi connectivity index (χ1) is 9.68. The van der Waals surface area contributed by atoms with Crippen LogP contribution in [0.15, 0.2) is 12.4 Å². The van der Waals surface area contributed by atoms with Gasteiger partial charge < -0.3 is 10.0 Å². The van der Waals surface area contributed by atoms with E-state index >= 15 is 0 Å². The topological polar surface area (TPSA) is 113 Å². The first-order valence-corrected chi connectivity index (χ1v) is 7.90. The highest BCUT2D eigenvalue weighted by atomic mass is 32.2. The van der Waals surface area contributed by atoms with E-state index in [0.717, 1.165) is 4.90 Å². The number of fused-ring (bicyclic) bond motifs is 1. The Morgan fingerprint density at radius 1 is 1.62 bits per heavy atom. The summed E-state index contributed by atoms with van der Waals surface area (Å²) in [6.45, 7) is 1.25. The van der Waals surface area contributed by atoms with Crippen LogP contribution in [-0.4, -0.2) is 56.4 Å². The van der Waals surface area contributed by atoms with E-state index in [2.05, 4.69) is 5.21 Å². The molecule has 0 spiro atoms. The largest absolute Gasteiger partial charge is 0.480 e. The summed E-state index contributed by atoms with van der Waals surface area (Å²) < 4.78 is 26.5. The molecule has 0 bridgehead atoms. The highest BCUT2D eigenvalue weighted by molar-refractivity contribution is 7.93. The Kier molecular flexibility index (Phi) is 2.68. The summed E-state index contributed by atoms with van der Waals surface area (Å²) >= 11 is 0. The molecule has 2 fully saturated rings. The average molecular weight is 315 g/mol. The molecule has 9 nitrogen and oxygen atoms in total. The summed E-state index contributed by atoms with van der Waals surface area (Å²) in [5.74, 6) is -1.75. The molecular formula is C11H15N4O5S+. The highest BCUT2D eigenvalue weighted by Gasteiger charge is 2.70. The van der Waals surface area contributed by atoms with E-state index in [0.29, 0.717) is 0 Å². The third-order valence-electron chi connectivity index (χ3n) is 4.23. The maximum atomic E-state index is 12.6. The van der Waals surface area contributed by atoms with E-state index in [-0.39, 0.29) is 13.0 Å². The van der Waals surface area contributed by atoms with Gasteiger partial charge in [-0.1, -0.05) is 0 Å². The number of carboxylic acid groups (broad SMARTS) is 1. The van der Waals surface area contributed by atoms with Gasteiger partial charge in [-0.3, -0.25) is 4.79 Å². The minimum atomic E-state index is -3.79. The fraction of sp³-hybridized carbons (Fsp3) is 0.636. The average Bonchev–Trinajstić information content (AvgIpc) is 2.81. The number of rotatable bonds is 3. The normalized spacial score (nSPS) is 33.6. The molecule has 114 valence electrons. The number of sulfone groups is 1. The van der Waals surface area contributed by atoms with Crippen LogP contribution in [0.3, 0.4) is 0 Å². The predicted octanol–water partition coefficient (Wildman–Crippen LogP) is -2.09. The van der Waals surface area contributed by atoms with Gasteiger partial charge in [0.15, 0.2) is 28.3 Å². The SMILES string of the molecule is C[n+]1ccn(C[C@@]2(C)[C@H](C(=O)O)N3C(=O)C[C@H]3S2(=O)=O)n1. The molecule has 3 heterocycles. The first kappa shape index (κ1) is 14.0. The molecule has 3 rings (SSSR count). The van der Waals surface area contributed by atoms with Gasteiger partial charge in [-0.25, -0.2) is 13.2 Å². The molecule has 3 atom stereocenters. The zero-order chi connectivity index (χ0) is 15.6. The lowest BCUT2D eigenvalue weighted by atomic mass is 9.96. The Morgan fingerprint density at radius 3 is 2.76 bits per heavy atom. The Hall–Kier alpha value is -1.97. The van der Waals surface area contributed by atoms with Crippen LogP contribution in [0.5, 0.6) is 0 Å². The number of aromatic nitrogens is 3. The number of amides is 1. The number of aliphatic carboxylic acids is 1. The molecule has 2 saturated heterocycles. The number of carbonyl (C=O) groups is 2. The van der Waals surface area contributed by atoms with Crippen molar-refractivity contribution in [3.8, 4) is 0 Å². The third kappa shape index (κ3) is 1.65. The third-order valence-corrected chi connectivity index (χ3v) is 7.00. The van der Waals surface area contributed by atoms with Crippen molar-refractivity contribution in [3.63, 3.8) is 0 Å². The van der Waals surface area contributed by atoms with E-state index in [1.54, 1.807) is 19.4 Å². The molecule has 0 aromatic carbocycles. The van der Waals surface area contributed by atoms with Gasteiger partial charge in [0.05, 0.1) is 11.6 Å². The Labute approximate surface area is 120 Å². The van der Waals surface area contributed by atoms with Gasteiger partial charge in [-0.05, 0) is 6.92 Å². The van der Waals surface area contributed by atoms with E-state index < -0.39 is 37.9 Å². The summed E-state index contributed by atoms with van der Waals surface area (Å²) in [6, 6.07) is -1.39. The molecule has 10 heteroatoms. The molecule has 1 N–H and O–H groups in total. The van der Waals surface area contributed by atoms with Crippen LogP contribution >= 0.6 is 0 Å². The van der Waals surface area contributed by atoms with Gasteiger partial charge in [-0.15, -0.1) is 9.36 Å². The first-order valence-electron chi connectivity index (χ1n) is 6.35. The quantitative estimate of drug-likeness (QED) is 0.505. The lowest BCUT2D eigenvalue weighted by molar-refractivity contribution is -0.732. The van der Waals surface area contributed by atoms with Crippen molar-refractivity contribution in [1.82, 2.24) is 14.8 Å². The van der Waals surface area contributed by atoms with Gasteiger partial charge in [-0.2, -0.15) is 0 Å². The number of β-lactam (4-membered cyclic amide) rings is 1. The van der Waals surface area contributed by atoms with Crippen molar-refractivity contribution < 1.29 is 27.8 Å². The second-order valence-corrected chi connectivity index (χ2v) is 8.18. The van der Waals surface area contributed by atoms with Crippen LogP contribution in [0, 0.1) is 0 Å². The van der Waals surface area contributed by atoms with Crippen LogP contribution in [0.25, 0.3) is 0 Å². The number of nitrogens with zero attached hydrogens (tertiary/aromatic N) is 4. The van der Waals surface area contributed by atoms with Crippen LogP contribution in [0.2, 0.25) is 0 Å². The summed E-state index contributed by atoms with van der Waals surface area (Å²) in [6.07, 6.45) is 3.05. The van der Waals surface area contributed by atoms with Gasteiger partial charge in [0.2, 0.25) is 5.91 Å². The smallest absolute Gasteiger partial charge is 0.328 e. The maximum absolute atomic E-state index is 12.6. The summed E-state index contributed by atoms with van der Waals surface area (Å²) in [7, 11) is -2.12. The number of carbonyl (C=O) groups excluding carboxylic acids is 1. The molecule has 0 radical (unpaired) electrons. The van der Waals surface area contributed by atoms with E-state index in [9.17, 15) is 23.1 Å². The Morgan fingerprint density at radius 2 is 2.29 bits per heavy atom. The van der Waals surface area contributed by atoms with Gasteiger partial charge in [0.1, 0.15) is 23.7 Å². The molecule has 2 aliphatic rings. The van der Waals surface area contributed by atoms with E-state index in [1.807, 2.05) is 0 Å². The molecule has 0 aliphatic carbocycles. The Bertz CT molecular complexity index is 742. The number of aryl methyl sites for hydroxylation is 1. The molecule has 1 aromatic heterocycles. The van der Waals surface area contributed by atoms with Crippen LogP contribution < -0.4 is 4.68 Å². The van der Waals surface area contributed by atoms with Gasteiger partial charge in [0, 0.05) is 0 Å². The summed E-state index contributed by atoms with van der Waals surface area (Å²) in [5, 5.41) is 12.4. The van der Waals surface area contributed by atoms with Crippen molar-refractivity contribution in [3.05, 3.63) is 12.4 Å². The van der Waals surface area contributed by atoms with Gasteiger partial charge in [0.25, 0.3) is 0 Å². The molecule has 0 unspecified atom stereocenters. The minimum absolute atomic E-state index is 0.118. The monoisotopic (exact) mass is 315 g/mol. The Balaban J connectivity index is 2.08. The fourth-order valence-electron chi connectivity index (χ4n) is 3.11. The zero-order valence-corrected chi connectivity index (χ0v) is 12.3. The second kappa shape index (κ2) is 4.03. The van der Waals surface area contributed by atoms with Crippen molar-refractivity contribution in [2.24, 2.45) is 7.05 Å². The lowest BCUT2D eigenvalue weighted by Crippen LogP contribution is -2.58. The zero-order valence-electron chi connectivity index (χ0n) is 11.5. The van der Waals surface area contributed by atoms with Crippen LogP contribution in [0.4, 0.5) is 0 Å². The van der Waals surface area contributed by atoms with Crippen molar-refractivity contribution >= 4 is 21.7 Å². The molecule has 21 heavy (non-hydrogen) atoms. The standard InChI is InChI=1S/C11H14N4O5S/c1-11(6-14-4-3-13(2)12-14)9(10(17)18)15-7(16)5-8(15)21(11,19)20/h3-4,8-9H,5-6H2,1-2H3/p+1/t8-,9+,11+/m1/s1. The summed E-state index contributed by atoms with van der Waals surface area (Å²) in [4.78, 5) is 24.1. The summed E-state index contributed by atoms with van der Waals surface area (Å²) in [5.41, 5.74) is 0. The molecular weight excluding hydrogens is 300 g/mol. The van der Waals surface area contributed by atoms with Crippen LogP contribution in [-0.2, 0) is 33.0 Å². The van der Waals surface area contributed by atoms with Crippen molar-refractivity contribution in [1.29, 1.82) is 0 Å². The fourth-order valence-corrected chi connectivity index (χ4v) is 5.47. The number of hydrogen-bond acceptors (Lipinski definition) is 5. The predicted molar refractivity (Wildman–Crippen MR) is 67.4 cm³/mol. The number of hydrogen-bond donors (Lipinski definition) is 1. The van der Waals surface area contributed by atoms with Crippen LogP contribution in [0.1, 0.15) is 13.3 Å². The molecule has 2 aliphatic heterocycles. The van der Waals surface area contributed by atoms with Gasteiger partial charge >= 0.3 is 5.97 Å². The van der Waals surface area contributed by atoms with E-state index in [1.165, 1.54) is 16.3 Å². The second-order valence-electron chi connectivity index (χ2n) is 5.62. The molecule has 1 aromatic rings. The van der Waals surface area contributed by atoms with E-state index in [4.69, 9.17) is 0 Å². The molecule has 1 amide bonds.